The van der Waals surface area contributed by atoms with Crippen molar-refractivity contribution in [2.45, 2.75) is 20.3 Å². The lowest BCUT2D eigenvalue weighted by atomic mass is 10.0. The standard InChI is InChI=1S/C22H23FN2O3/c1-14-5-6-15(2)18(13-14)24-20-19(16-7-9-17(23)10-8-16)21(26)25(22(20)27)11-4-12-28-3/h5-10,13,24H,4,11-12H2,1-3H3. The molecule has 0 aromatic heterocycles. The Hall–Kier alpha value is -2.99. The van der Waals surface area contributed by atoms with Gasteiger partial charge in [-0.05, 0) is 55.2 Å². The fourth-order valence-electron chi connectivity index (χ4n) is 3.15. The molecule has 0 fully saturated rings. The van der Waals surface area contributed by atoms with Crippen LogP contribution in [0.4, 0.5) is 10.1 Å². The number of carbonyl (C=O) groups excluding carboxylic acids is 2. The van der Waals surface area contributed by atoms with E-state index in [4.69, 9.17) is 4.74 Å². The molecule has 1 heterocycles. The van der Waals surface area contributed by atoms with Gasteiger partial charge in [-0.25, -0.2) is 4.39 Å². The van der Waals surface area contributed by atoms with Crippen LogP contribution >= 0.6 is 0 Å². The summed E-state index contributed by atoms with van der Waals surface area (Å²) in [7, 11) is 1.57. The van der Waals surface area contributed by atoms with Crippen LogP contribution in [0.1, 0.15) is 23.1 Å². The summed E-state index contributed by atoms with van der Waals surface area (Å²) >= 11 is 0. The number of halogens is 1. The van der Waals surface area contributed by atoms with Crippen LogP contribution in [0, 0.1) is 19.7 Å². The molecule has 6 heteroatoms. The van der Waals surface area contributed by atoms with E-state index in [9.17, 15) is 14.0 Å². The molecule has 146 valence electrons. The average Bonchev–Trinajstić information content (AvgIpc) is 2.90. The van der Waals surface area contributed by atoms with Gasteiger partial charge in [0, 0.05) is 25.9 Å². The van der Waals surface area contributed by atoms with E-state index < -0.39 is 5.82 Å². The Balaban J connectivity index is 2.02. The zero-order chi connectivity index (χ0) is 20.3. The second-order valence-electron chi connectivity index (χ2n) is 6.81. The van der Waals surface area contributed by atoms with Crippen LogP contribution in [-0.2, 0) is 14.3 Å². The number of amides is 2. The largest absolute Gasteiger partial charge is 0.385 e. The summed E-state index contributed by atoms with van der Waals surface area (Å²) in [6.07, 6.45) is 0.543. The van der Waals surface area contributed by atoms with Crippen molar-refractivity contribution < 1.29 is 18.7 Å². The molecule has 0 unspecified atom stereocenters. The van der Waals surface area contributed by atoms with E-state index in [0.717, 1.165) is 16.8 Å². The van der Waals surface area contributed by atoms with Crippen molar-refractivity contribution in [1.29, 1.82) is 0 Å². The first-order valence-electron chi connectivity index (χ1n) is 9.12. The van der Waals surface area contributed by atoms with Gasteiger partial charge in [0.2, 0.25) is 0 Å². The smallest absolute Gasteiger partial charge is 0.278 e. The van der Waals surface area contributed by atoms with E-state index in [1.165, 1.54) is 29.2 Å². The summed E-state index contributed by atoms with van der Waals surface area (Å²) in [5.41, 5.74) is 3.71. The Morgan fingerprint density at radius 2 is 1.75 bits per heavy atom. The molecule has 2 amide bonds. The molecule has 0 spiro atoms. The molecule has 28 heavy (non-hydrogen) atoms. The number of rotatable bonds is 7. The normalized spacial score (nSPS) is 14.2. The van der Waals surface area contributed by atoms with Crippen molar-refractivity contribution in [3.63, 3.8) is 0 Å². The highest BCUT2D eigenvalue weighted by Crippen LogP contribution is 2.31. The van der Waals surface area contributed by atoms with Gasteiger partial charge in [0.1, 0.15) is 11.5 Å². The molecule has 1 aliphatic heterocycles. The third-order valence-electron chi connectivity index (χ3n) is 4.68. The molecule has 2 aromatic carbocycles. The molecular weight excluding hydrogens is 359 g/mol. The molecular formula is C22H23FN2O3. The van der Waals surface area contributed by atoms with Crippen LogP contribution in [-0.4, -0.2) is 37.0 Å². The summed E-state index contributed by atoms with van der Waals surface area (Å²) in [4.78, 5) is 27.3. The number of methoxy groups -OCH3 is 1. The van der Waals surface area contributed by atoms with Crippen LogP contribution in [0.25, 0.3) is 5.57 Å². The molecule has 0 aliphatic carbocycles. The van der Waals surface area contributed by atoms with Crippen LogP contribution in [0.2, 0.25) is 0 Å². The zero-order valence-corrected chi connectivity index (χ0v) is 16.2. The molecule has 0 saturated heterocycles. The minimum atomic E-state index is -0.401. The third-order valence-corrected chi connectivity index (χ3v) is 4.68. The van der Waals surface area contributed by atoms with Gasteiger partial charge in [0.25, 0.3) is 11.8 Å². The fourth-order valence-corrected chi connectivity index (χ4v) is 3.15. The number of imide groups is 1. The number of carbonyl (C=O) groups is 2. The number of hydrogen-bond donors (Lipinski definition) is 1. The molecule has 5 nitrogen and oxygen atoms in total. The van der Waals surface area contributed by atoms with Crippen molar-refractivity contribution in [2.75, 3.05) is 25.6 Å². The summed E-state index contributed by atoms with van der Waals surface area (Å²) in [5.74, 6) is -1.18. The summed E-state index contributed by atoms with van der Waals surface area (Å²) in [6.45, 7) is 4.59. The van der Waals surface area contributed by atoms with Gasteiger partial charge < -0.3 is 10.1 Å². The number of aryl methyl sites for hydroxylation is 2. The van der Waals surface area contributed by atoms with Crippen molar-refractivity contribution in [3.8, 4) is 0 Å². The second-order valence-corrected chi connectivity index (χ2v) is 6.81. The zero-order valence-electron chi connectivity index (χ0n) is 16.2. The van der Waals surface area contributed by atoms with Crippen LogP contribution in [0.3, 0.4) is 0 Å². The quantitative estimate of drug-likeness (QED) is 0.586. The van der Waals surface area contributed by atoms with E-state index in [-0.39, 0.29) is 29.6 Å². The highest BCUT2D eigenvalue weighted by atomic mass is 19.1. The molecule has 0 atom stereocenters. The van der Waals surface area contributed by atoms with E-state index in [0.29, 0.717) is 18.6 Å². The summed E-state index contributed by atoms with van der Waals surface area (Å²) in [5, 5.41) is 3.16. The Bertz CT molecular complexity index is 935. The minimum absolute atomic E-state index is 0.211. The number of ether oxygens (including phenoxy) is 1. The Morgan fingerprint density at radius 3 is 2.43 bits per heavy atom. The minimum Gasteiger partial charge on any atom is -0.385 e. The van der Waals surface area contributed by atoms with Gasteiger partial charge >= 0.3 is 0 Å². The van der Waals surface area contributed by atoms with E-state index in [1.54, 1.807) is 7.11 Å². The fraction of sp³-hybridized carbons (Fsp3) is 0.273. The lowest BCUT2D eigenvalue weighted by Crippen LogP contribution is -2.34. The molecule has 2 aromatic rings. The van der Waals surface area contributed by atoms with E-state index in [2.05, 4.69) is 5.32 Å². The SMILES string of the molecule is COCCCN1C(=O)C(Nc2cc(C)ccc2C)=C(c2ccc(F)cc2)C1=O. The maximum Gasteiger partial charge on any atom is 0.278 e. The lowest BCUT2D eigenvalue weighted by molar-refractivity contribution is -0.136. The first kappa shape index (κ1) is 19.8. The lowest BCUT2D eigenvalue weighted by Gasteiger charge is -2.15. The van der Waals surface area contributed by atoms with Crippen molar-refractivity contribution in [2.24, 2.45) is 0 Å². The number of nitrogens with zero attached hydrogens (tertiary/aromatic N) is 1. The second kappa shape index (κ2) is 8.35. The van der Waals surface area contributed by atoms with Gasteiger partial charge in [0.15, 0.2) is 0 Å². The number of hydrogen-bond acceptors (Lipinski definition) is 4. The summed E-state index contributed by atoms with van der Waals surface area (Å²) in [6, 6.07) is 11.4. The van der Waals surface area contributed by atoms with Crippen LogP contribution < -0.4 is 5.32 Å². The molecule has 3 rings (SSSR count). The Morgan fingerprint density at radius 1 is 1.04 bits per heavy atom. The predicted molar refractivity (Wildman–Crippen MR) is 106 cm³/mol. The maximum absolute atomic E-state index is 13.4. The van der Waals surface area contributed by atoms with Gasteiger partial charge in [-0.3, -0.25) is 14.5 Å². The van der Waals surface area contributed by atoms with Gasteiger partial charge in [-0.1, -0.05) is 24.3 Å². The third kappa shape index (κ3) is 3.97. The van der Waals surface area contributed by atoms with Crippen LogP contribution in [0.15, 0.2) is 48.2 Å². The average molecular weight is 382 g/mol. The Labute approximate surface area is 163 Å². The van der Waals surface area contributed by atoms with Crippen molar-refractivity contribution in [3.05, 3.63) is 70.7 Å². The number of benzene rings is 2. The van der Waals surface area contributed by atoms with Gasteiger partial charge in [0.05, 0.1) is 5.57 Å². The van der Waals surface area contributed by atoms with E-state index in [1.807, 2.05) is 32.0 Å². The molecule has 0 saturated carbocycles. The van der Waals surface area contributed by atoms with Gasteiger partial charge in [-0.15, -0.1) is 0 Å². The monoisotopic (exact) mass is 382 g/mol. The first-order chi connectivity index (χ1) is 13.4. The van der Waals surface area contributed by atoms with Gasteiger partial charge in [-0.2, -0.15) is 0 Å². The maximum atomic E-state index is 13.4. The topological polar surface area (TPSA) is 58.6 Å². The number of anilines is 1. The first-order valence-corrected chi connectivity index (χ1v) is 9.12. The van der Waals surface area contributed by atoms with E-state index >= 15 is 0 Å². The highest BCUT2D eigenvalue weighted by Gasteiger charge is 2.39. The molecule has 1 aliphatic rings. The Kier molecular flexibility index (Phi) is 5.90. The highest BCUT2D eigenvalue weighted by molar-refractivity contribution is 6.36. The predicted octanol–water partition coefficient (Wildman–Crippen LogP) is 3.67. The summed E-state index contributed by atoms with van der Waals surface area (Å²) < 4.78 is 18.4. The number of nitrogens with one attached hydrogen (secondary N) is 1. The molecule has 0 radical (unpaired) electrons. The molecule has 0 bridgehead atoms. The molecule has 1 N–H and O–H groups in total. The van der Waals surface area contributed by atoms with Crippen LogP contribution in [0.5, 0.6) is 0 Å². The van der Waals surface area contributed by atoms with Crippen molar-refractivity contribution >= 4 is 23.1 Å². The van der Waals surface area contributed by atoms with Crippen molar-refractivity contribution in [1.82, 2.24) is 4.90 Å².